The third-order valence-electron chi connectivity index (χ3n) is 4.39. The summed E-state index contributed by atoms with van der Waals surface area (Å²) in [6.07, 6.45) is 1.49. The maximum atomic E-state index is 12.3. The molecule has 1 aromatic rings. The Kier molecular flexibility index (Phi) is 6.45. The third kappa shape index (κ3) is 4.19. The Morgan fingerprint density at radius 3 is 2.92 bits per heavy atom. The van der Waals surface area contributed by atoms with Crippen LogP contribution in [0.4, 0.5) is 5.69 Å². The van der Waals surface area contributed by atoms with Crippen LogP contribution in [0.1, 0.15) is 19.8 Å². The second kappa shape index (κ2) is 8.35. The lowest BCUT2D eigenvalue weighted by Gasteiger charge is -2.33. The van der Waals surface area contributed by atoms with E-state index in [0.717, 1.165) is 31.7 Å². The summed E-state index contributed by atoms with van der Waals surface area (Å²) in [5.41, 5.74) is 0.841. The number of carbonyl (C=O) groups is 2. The molecule has 2 aliphatic heterocycles. The SMILES string of the molecule is C[C@@H]1CNCCN1C(=O)COc1cccc(N2CCCC2=O)c1.Cl. The van der Waals surface area contributed by atoms with E-state index in [9.17, 15) is 9.59 Å². The number of nitrogens with one attached hydrogen (secondary N) is 1. The van der Waals surface area contributed by atoms with Gasteiger partial charge < -0.3 is 19.9 Å². The summed E-state index contributed by atoms with van der Waals surface area (Å²) in [5, 5.41) is 3.26. The Bertz CT molecular complexity index is 596. The number of nitrogens with zero attached hydrogens (tertiary/aromatic N) is 2. The predicted octanol–water partition coefficient (Wildman–Crippen LogP) is 1.43. The topological polar surface area (TPSA) is 61.9 Å². The normalized spacial score (nSPS) is 20.7. The average Bonchev–Trinajstić information content (AvgIpc) is 2.99. The van der Waals surface area contributed by atoms with E-state index in [1.165, 1.54) is 0 Å². The van der Waals surface area contributed by atoms with Crippen molar-refractivity contribution in [2.24, 2.45) is 0 Å². The first-order valence-corrected chi connectivity index (χ1v) is 8.18. The van der Waals surface area contributed by atoms with E-state index < -0.39 is 0 Å². The Morgan fingerprint density at radius 1 is 1.38 bits per heavy atom. The Labute approximate surface area is 148 Å². The number of rotatable bonds is 4. The van der Waals surface area contributed by atoms with Crippen LogP contribution in [0.3, 0.4) is 0 Å². The van der Waals surface area contributed by atoms with Gasteiger partial charge in [0, 0.05) is 50.4 Å². The number of halogens is 1. The molecule has 1 N–H and O–H groups in total. The van der Waals surface area contributed by atoms with Gasteiger partial charge in [-0.2, -0.15) is 0 Å². The molecule has 0 aromatic heterocycles. The Balaban J connectivity index is 0.00000208. The maximum Gasteiger partial charge on any atom is 0.260 e. The van der Waals surface area contributed by atoms with E-state index in [2.05, 4.69) is 5.32 Å². The van der Waals surface area contributed by atoms with Crippen LogP contribution in [0, 0.1) is 0 Å². The molecule has 2 amide bonds. The smallest absolute Gasteiger partial charge is 0.260 e. The molecule has 132 valence electrons. The van der Waals surface area contributed by atoms with E-state index in [-0.39, 0.29) is 36.9 Å². The van der Waals surface area contributed by atoms with Gasteiger partial charge in [0.1, 0.15) is 5.75 Å². The van der Waals surface area contributed by atoms with E-state index >= 15 is 0 Å². The van der Waals surface area contributed by atoms with Crippen molar-refractivity contribution in [3.8, 4) is 5.75 Å². The van der Waals surface area contributed by atoms with Gasteiger partial charge in [-0.3, -0.25) is 9.59 Å². The maximum absolute atomic E-state index is 12.3. The van der Waals surface area contributed by atoms with Gasteiger partial charge >= 0.3 is 0 Å². The number of benzene rings is 1. The number of amides is 2. The van der Waals surface area contributed by atoms with Crippen molar-refractivity contribution in [1.82, 2.24) is 10.2 Å². The monoisotopic (exact) mass is 353 g/mol. The summed E-state index contributed by atoms with van der Waals surface area (Å²) in [6.45, 7) is 5.16. The first-order valence-electron chi connectivity index (χ1n) is 8.18. The molecular formula is C17H24ClN3O3. The molecule has 24 heavy (non-hydrogen) atoms. The van der Waals surface area contributed by atoms with Crippen molar-refractivity contribution in [3.05, 3.63) is 24.3 Å². The predicted molar refractivity (Wildman–Crippen MR) is 94.8 cm³/mol. The summed E-state index contributed by atoms with van der Waals surface area (Å²) >= 11 is 0. The highest BCUT2D eigenvalue weighted by atomic mass is 35.5. The minimum Gasteiger partial charge on any atom is -0.484 e. The first-order chi connectivity index (χ1) is 11.1. The molecule has 1 aromatic carbocycles. The van der Waals surface area contributed by atoms with Gasteiger partial charge in [0.25, 0.3) is 5.91 Å². The number of hydrogen-bond donors (Lipinski definition) is 1. The zero-order valence-corrected chi connectivity index (χ0v) is 14.7. The van der Waals surface area contributed by atoms with E-state index in [4.69, 9.17) is 4.74 Å². The zero-order chi connectivity index (χ0) is 16.2. The molecule has 2 heterocycles. The van der Waals surface area contributed by atoms with E-state index in [1.54, 1.807) is 4.90 Å². The molecule has 0 unspecified atom stereocenters. The quantitative estimate of drug-likeness (QED) is 0.889. The average molecular weight is 354 g/mol. The number of hydrogen-bond acceptors (Lipinski definition) is 4. The lowest BCUT2D eigenvalue weighted by atomic mass is 10.2. The molecule has 6 nitrogen and oxygen atoms in total. The van der Waals surface area contributed by atoms with Gasteiger partial charge in [-0.25, -0.2) is 0 Å². The van der Waals surface area contributed by atoms with Crippen molar-refractivity contribution in [3.63, 3.8) is 0 Å². The second-order valence-electron chi connectivity index (χ2n) is 6.08. The molecule has 7 heteroatoms. The fourth-order valence-corrected chi connectivity index (χ4v) is 3.10. The Hall–Kier alpha value is -1.79. The van der Waals surface area contributed by atoms with Gasteiger partial charge in [0.2, 0.25) is 5.91 Å². The molecule has 2 aliphatic rings. The molecule has 0 bridgehead atoms. The van der Waals surface area contributed by atoms with Gasteiger partial charge in [-0.15, -0.1) is 12.4 Å². The lowest BCUT2D eigenvalue weighted by Crippen LogP contribution is -2.53. The first kappa shape index (κ1) is 18.5. The number of carbonyl (C=O) groups excluding carboxylic acids is 2. The summed E-state index contributed by atoms with van der Waals surface area (Å²) < 4.78 is 5.66. The van der Waals surface area contributed by atoms with Crippen LogP contribution in [-0.2, 0) is 9.59 Å². The van der Waals surface area contributed by atoms with Gasteiger partial charge in [-0.1, -0.05) is 6.07 Å². The van der Waals surface area contributed by atoms with Crippen molar-refractivity contribution >= 4 is 29.9 Å². The van der Waals surface area contributed by atoms with Gasteiger partial charge in [0.05, 0.1) is 0 Å². The number of ether oxygens (including phenoxy) is 1. The molecule has 2 saturated heterocycles. The molecular weight excluding hydrogens is 330 g/mol. The highest BCUT2D eigenvalue weighted by molar-refractivity contribution is 5.95. The molecule has 0 spiro atoms. The molecule has 3 rings (SSSR count). The summed E-state index contributed by atoms with van der Waals surface area (Å²) in [7, 11) is 0. The van der Waals surface area contributed by atoms with Crippen LogP contribution in [0.5, 0.6) is 5.75 Å². The lowest BCUT2D eigenvalue weighted by molar-refractivity contribution is -0.136. The van der Waals surface area contributed by atoms with Gasteiger partial charge in [0.15, 0.2) is 6.61 Å². The highest BCUT2D eigenvalue weighted by Crippen LogP contribution is 2.25. The van der Waals surface area contributed by atoms with Gasteiger partial charge in [-0.05, 0) is 25.5 Å². The largest absolute Gasteiger partial charge is 0.484 e. The number of piperazine rings is 1. The summed E-state index contributed by atoms with van der Waals surface area (Å²) in [5.74, 6) is 0.771. The third-order valence-corrected chi connectivity index (χ3v) is 4.39. The fraction of sp³-hybridized carbons (Fsp3) is 0.529. The number of anilines is 1. The van der Waals surface area contributed by atoms with E-state index in [1.807, 2.05) is 36.1 Å². The molecule has 0 radical (unpaired) electrons. The van der Waals surface area contributed by atoms with Crippen LogP contribution in [-0.4, -0.2) is 55.5 Å². The molecule has 1 atom stereocenters. The Morgan fingerprint density at radius 2 is 2.21 bits per heavy atom. The van der Waals surface area contributed by atoms with Crippen LogP contribution >= 0.6 is 12.4 Å². The van der Waals surface area contributed by atoms with Crippen LogP contribution < -0.4 is 15.0 Å². The van der Waals surface area contributed by atoms with Crippen LogP contribution in [0.15, 0.2) is 24.3 Å². The molecule has 2 fully saturated rings. The zero-order valence-electron chi connectivity index (χ0n) is 13.9. The standard InChI is InChI=1S/C17H23N3O3.ClH/c1-13-11-18-7-9-19(13)17(22)12-23-15-5-2-4-14(10-15)20-8-3-6-16(20)21;/h2,4-5,10,13,18H,3,6-9,11-12H2,1H3;1H/t13-;/m1./s1. The van der Waals surface area contributed by atoms with Crippen molar-refractivity contribution in [2.45, 2.75) is 25.8 Å². The summed E-state index contributed by atoms with van der Waals surface area (Å²) in [6, 6.07) is 7.59. The minimum absolute atomic E-state index is 0. The fourth-order valence-electron chi connectivity index (χ4n) is 3.10. The molecule has 0 saturated carbocycles. The van der Waals surface area contributed by atoms with Crippen LogP contribution in [0.2, 0.25) is 0 Å². The molecule has 0 aliphatic carbocycles. The minimum atomic E-state index is 0. The second-order valence-corrected chi connectivity index (χ2v) is 6.08. The van der Waals surface area contributed by atoms with E-state index in [0.29, 0.717) is 18.7 Å². The van der Waals surface area contributed by atoms with Crippen molar-refractivity contribution in [2.75, 3.05) is 37.7 Å². The van der Waals surface area contributed by atoms with Crippen molar-refractivity contribution in [1.29, 1.82) is 0 Å². The summed E-state index contributed by atoms with van der Waals surface area (Å²) in [4.78, 5) is 27.7. The van der Waals surface area contributed by atoms with Crippen molar-refractivity contribution < 1.29 is 14.3 Å². The highest BCUT2D eigenvalue weighted by Gasteiger charge is 2.24. The van der Waals surface area contributed by atoms with Crippen LogP contribution in [0.25, 0.3) is 0 Å².